The van der Waals surface area contributed by atoms with Crippen molar-refractivity contribution in [1.29, 1.82) is 0 Å². The maximum absolute atomic E-state index is 11.1. The molecule has 6 nitrogen and oxygen atoms in total. The molecule has 0 fully saturated rings. The third-order valence-electron chi connectivity index (χ3n) is 4.40. The Bertz CT molecular complexity index is 1030. The minimum absolute atomic E-state index is 0. The zero-order valence-corrected chi connectivity index (χ0v) is 27.0. The van der Waals surface area contributed by atoms with E-state index >= 15 is 0 Å². The van der Waals surface area contributed by atoms with Crippen LogP contribution in [0.5, 0.6) is 0 Å². The molecule has 0 aromatic heterocycles. The fraction of sp³-hybridized carbons (Fsp3) is 0.300. The van der Waals surface area contributed by atoms with Gasteiger partial charge >= 0.3 is 59.1 Å². The van der Waals surface area contributed by atoms with E-state index < -0.39 is 60.6 Å². The van der Waals surface area contributed by atoms with Crippen molar-refractivity contribution >= 4 is 71.5 Å². The van der Waals surface area contributed by atoms with Crippen molar-refractivity contribution in [3.05, 3.63) is 60.7 Å². The summed E-state index contributed by atoms with van der Waals surface area (Å²) in [6.45, 7) is 0. The van der Waals surface area contributed by atoms with Crippen LogP contribution in [0.15, 0.2) is 60.7 Å². The molecule has 33 heavy (non-hydrogen) atoms. The van der Waals surface area contributed by atoms with E-state index in [1.807, 2.05) is 60.7 Å². The fourth-order valence-electron chi connectivity index (χ4n) is 2.81. The smallest absolute Gasteiger partial charge is 0.748 e. The van der Waals surface area contributed by atoms with Crippen LogP contribution < -0.4 is 69.7 Å². The van der Waals surface area contributed by atoms with E-state index in [9.17, 15) is 25.9 Å². The Morgan fingerprint density at radius 2 is 1.06 bits per heavy atom. The van der Waals surface area contributed by atoms with E-state index in [0.29, 0.717) is 6.16 Å². The molecule has 2 aromatic rings. The predicted molar refractivity (Wildman–Crippen MR) is 136 cm³/mol. The monoisotopic (exact) mass is 566 g/mol. The second-order valence-electron chi connectivity index (χ2n) is 6.72. The van der Waals surface area contributed by atoms with Gasteiger partial charge in [-0.1, -0.05) is 72.4 Å². The van der Waals surface area contributed by atoms with Crippen LogP contribution in [0.2, 0.25) is 0 Å². The first-order valence-electron chi connectivity index (χ1n) is 9.20. The molecular formula is C20H25Na2O6PS4. The van der Waals surface area contributed by atoms with Gasteiger partial charge in [-0.25, -0.2) is 16.8 Å². The SMILES string of the molecule is C=S(CCS(=O)(=O)[O-])C(CP(c1ccccc1)c1ccccc1)S(=C)CCS(=O)(=O)[O-].[Na+].[Na+]. The Morgan fingerprint density at radius 1 is 0.727 bits per heavy atom. The molecule has 0 amide bonds. The molecule has 0 aliphatic carbocycles. The Morgan fingerprint density at radius 3 is 1.36 bits per heavy atom. The molecule has 2 aromatic carbocycles. The normalized spacial score (nSPS) is 14.5. The van der Waals surface area contributed by atoms with Gasteiger partial charge in [0.1, 0.15) is 0 Å². The molecule has 0 N–H and O–H groups in total. The summed E-state index contributed by atoms with van der Waals surface area (Å²) >= 11 is 0. The minimum Gasteiger partial charge on any atom is -0.748 e. The van der Waals surface area contributed by atoms with Gasteiger partial charge in [0.2, 0.25) is 0 Å². The third-order valence-corrected chi connectivity index (χ3v) is 14.3. The van der Waals surface area contributed by atoms with Crippen LogP contribution in [0, 0.1) is 0 Å². The van der Waals surface area contributed by atoms with E-state index in [2.05, 4.69) is 11.7 Å². The molecule has 0 heterocycles. The zero-order valence-electron chi connectivity index (χ0n) is 18.8. The standard InChI is InChI=1S/C20H27O6PS4.2Na/c1-28(13-15-30(21,22)23)20(29(2)14-16-31(24,25)26)17-27(18-9-5-3-6-10-18)19-11-7-4-8-12-19;;/h3-12,20H,1-2,13-17H2,(H,21,22,23)(H,24,25,26);;/q;2*+1/p-2. The van der Waals surface area contributed by atoms with Crippen molar-refractivity contribution in [1.82, 2.24) is 0 Å². The third kappa shape index (κ3) is 13.3. The Hall–Kier alpha value is 1.13. The maximum atomic E-state index is 11.1. The summed E-state index contributed by atoms with van der Waals surface area (Å²) in [5.41, 5.74) is 0. The van der Waals surface area contributed by atoms with E-state index in [-0.39, 0.29) is 75.2 Å². The quantitative estimate of drug-likeness (QED) is 0.112. The van der Waals surface area contributed by atoms with Crippen molar-refractivity contribution in [3.8, 4) is 0 Å². The van der Waals surface area contributed by atoms with Gasteiger partial charge in [-0.2, -0.15) is 21.0 Å². The number of hydrogen-bond acceptors (Lipinski definition) is 6. The first kappa shape index (κ1) is 34.1. The molecular weight excluding hydrogens is 541 g/mol. The molecule has 172 valence electrons. The molecule has 0 aliphatic heterocycles. The minimum atomic E-state index is -4.39. The number of rotatable bonds is 12. The largest absolute Gasteiger partial charge is 1.00 e. The van der Waals surface area contributed by atoms with Gasteiger partial charge in [0.05, 0.1) is 20.2 Å². The van der Waals surface area contributed by atoms with Crippen molar-refractivity contribution < 1.29 is 85.1 Å². The summed E-state index contributed by atoms with van der Waals surface area (Å²) in [6.07, 6.45) is 0.611. The van der Waals surface area contributed by atoms with Crippen molar-refractivity contribution in [3.63, 3.8) is 0 Å². The number of benzene rings is 2. The molecule has 2 atom stereocenters. The van der Waals surface area contributed by atoms with Crippen molar-refractivity contribution in [2.24, 2.45) is 0 Å². The molecule has 2 rings (SSSR count). The van der Waals surface area contributed by atoms with Crippen molar-refractivity contribution in [2.45, 2.75) is 4.58 Å². The molecule has 2 unspecified atom stereocenters. The van der Waals surface area contributed by atoms with E-state index in [4.69, 9.17) is 0 Å². The molecule has 0 aliphatic rings. The van der Waals surface area contributed by atoms with Gasteiger partial charge in [0, 0.05) is 27.6 Å². The Balaban J connectivity index is 0.00000512. The van der Waals surface area contributed by atoms with E-state index in [0.717, 1.165) is 10.6 Å². The summed E-state index contributed by atoms with van der Waals surface area (Å²) < 4.78 is 66.6. The Kier molecular flexibility index (Phi) is 16.6. The zero-order chi connectivity index (χ0) is 23.1. The predicted octanol–water partition coefficient (Wildman–Crippen LogP) is -4.05. The van der Waals surface area contributed by atoms with Crippen LogP contribution in [0.25, 0.3) is 0 Å². The van der Waals surface area contributed by atoms with Crippen LogP contribution in [0.4, 0.5) is 0 Å². The molecule has 0 saturated carbocycles. The molecule has 0 spiro atoms. The van der Waals surface area contributed by atoms with Crippen LogP contribution in [-0.2, 0) is 20.2 Å². The average Bonchev–Trinajstić information content (AvgIpc) is 2.71. The first-order valence-corrected chi connectivity index (χ1v) is 17.1. The van der Waals surface area contributed by atoms with Crippen molar-refractivity contribution in [2.75, 3.05) is 29.2 Å². The van der Waals surface area contributed by atoms with E-state index in [1.54, 1.807) is 0 Å². The second-order valence-corrected chi connectivity index (χ2v) is 16.4. The van der Waals surface area contributed by atoms with Crippen LogP contribution in [-0.4, -0.2) is 71.4 Å². The van der Waals surface area contributed by atoms with Gasteiger partial charge < -0.3 is 9.11 Å². The second kappa shape index (κ2) is 16.1. The summed E-state index contributed by atoms with van der Waals surface area (Å²) in [6, 6.07) is 19.8. The molecule has 0 radical (unpaired) electrons. The van der Waals surface area contributed by atoms with Gasteiger partial charge in [0.25, 0.3) is 0 Å². The Labute approximate surface area is 248 Å². The summed E-state index contributed by atoms with van der Waals surface area (Å²) in [7, 11) is -11.1. The maximum Gasteiger partial charge on any atom is 1.00 e. The van der Waals surface area contributed by atoms with Crippen LogP contribution in [0.1, 0.15) is 0 Å². The summed E-state index contributed by atoms with van der Waals surface area (Å²) in [5, 5.41) is 2.24. The number of hydrogen-bond donors (Lipinski definition) is 0. The van der Waals surface area contributed by atoms with Gasteiger partial charge in [-0.05, 0) is 24.7 Å². The fourth-order valence-corrected chi connectivity index (χ4v) is 13.5. The van der Waals surface area contributed by atoms with Crippen LogP contribution >= 0.6 is 28.9 Å². The first-order chi connectivity index (χ1) is 14.5. The van der Waals surface area contributed by atoms with E-state index in [1.165, 1.54) is 0 Å². The topological polar surface area (TPSA) is 114 Å². The average molecular weight is 567 g/mol. The summed E-state index contributed by atoms with van der Waals surface area (Å²) in [4.78, 5) is 0. The molecule has 0 saturated heterocycles. The van der Waals surface area contributed by atoms with Gasteiger partial charge in [-0.3, -0.25) is 0 Å². The summed E-state index contributed by atoms with van der Waals surface area (Å²) in [5.74, 6) is 7.37. The van der Waals surface area contributed by atoms with Gasteiger partial charge in [0.15, 0.2) is 0 Å². The van der Waals surface area contributed by atoms with Gasteiger partial charge in [-0.15, -0.1) is 0 Å². The van der Waals surface area contributed by atoms with Crippen LogP contribution in [0.3, 0.4) is 0 Å². The molecule has 13 heteroatoms. The molecule has 0 bridgehead atoms.